The lowest BCUT2D eigenvalue weighted by Crippen LogP contribution is -2.31. The smallest absolute Gasteiger partial charge is 0.151 e. The van der Waals surface area contributed by atoms with Crippen LogP contribution in [0.25, 0.3) is 0 Å². The van der Waals surface area contributed by atoms with Gasteiger partial charge in [0.15, 0.2) is 5.82 Å². The number of rotatable bonds is 5. The Bertz CT molecular complexity index is 335. The molecule has 0 aliphatic carbocycles. The van der Waals surface area contributed by atoms with Crippen LogP contribution in [0.4, 0.5) is 5.82 Å². The molecule has 5 nitrogen and oxygen atoms in total. The molecule has 5 heteroatoms. The number of hydrogen-bond acceptors (Lipinski definition) is 5. The van der Waals surface area contributed by atoms with Crippen molar-refractivity contribution >= 4 is 5.82 Å². The molecule has 1 N–H and O–H groups in total. The van der Waals surface area contributed by atoms with Crippen molar-refractivity contribution in [3.63, 3.8) is 0 Å². The van der Waals surface area contributed by atoms with Gasteiger partial charge in [-0.05, 0) is 38.1 Å². The minimum absolute atomic E-state index is 0.0508. The molecule has 17 heavy (non-hydrogen) atoms. The van der Waals surface area contributed by atoms with E-state index in [1.807, 2.05) is 19.2 Å². The number of likely N-dealkylation sites (N-methyl/N-ethyl adjacent to an activating group) is 1. The fraction of sp³-hybridized carbons (Fsp3) is 0.667. The predicted octanol–water partition coefficient (Wildman–Crippen LogP) is 0.501. The Labute approximate surface area is 102 Å². The second-order valence-corrected chi connectivity index (χ2v) is 4.51. The first kappa shape index (κ1) is 12.3. The molecule has 1 aliphatic heterocycles. The molecule has 2 rings (SSSR count). The third-order valence-electron chi connectivity index (χ3n) is 3.21. The van der Waals surface area contributed by atoms with E-state index in [1.165, 1.54) is 25.9 Å². The maximum atomic E-state index is 8.89. The third-order valence-corrected chi connectivity index (χ3v) is 3.21. The van der Waals surface area contributed by atoms with Crippen LogP contribution in [0.1, 0.15) is 18.5 Å². The fourth-order valence-corrected chi connectivity index (χ4v) is 2.05. The Balaban J connectivity index is 1.83. The second-order valence-electron chi connectivity index (χ2n) is 4.51. The van der Waals surface area contributed by atoms with Gasteiger partial charge in [0.25, 0.3) is 0 Å². The van der Waals surface area contributed by atoms with E-state index in [9.17, 15) is 0 Å². The quantitative estimate of drug-likeness (QED) is 0.807. The van der Waals surface area contributed by atoms with E-state index in [0.717, 1.165) is 18.9 Å². The SMILES string of the molecule is CN(CCN1CCCC1)c1ccc(CO)nn1. The lowest BCUT2D eigenvalue weighted by molar-refractivity contribution is 0.275. The highest BCUT2D eigenvalue weighted by Gasteiger charge is 2.12. The molecule has 0 saturated carbocycles. The van der Waals surface area contributed by atoms with Crippen LogP contribution >= 0.6 is 0 Å². The number of aliphatic hydroxyl groups excluding tert-OH is 1. The summed E-state index contributed by atoms with van der Waals surface area (Å²) in [5, 5.41) is 16.9. The highest BCUT2D eigenvalue weighted by atomic mass is 16.3. The van der Waals surface area contributed by atoms with Gasteiger partial charge in [-0.25, -0.2) is 0 Å². The number of hydrogen-bond donors (Lipinski definition) is 1. The van der Waals surface area contributed by atoms with Gasteiger partial charge in [0, 0.05) is 20.1 Å². The Kier molecular flexibility index (Phi) is 4.28. The van der Waals surface area contributed by atoms with Gasteiger partial charge in [0.05, 0.1) is 12.3 Å². The molecule has 0 unspecified atom stereocenters. The standard InChI is InChI=1S/C12H20N4O/c1-15(8-9-16-6-2-3-7-16)12-5-4-11(10-17)13-14-12/h4-5,17H,2-3,6-10H2,1H3. The van der Waals surface area contributed by atoms with Gasteiger partial charge in [0.1, 0.15) is 0 Å². The first-order valence-corrected chi connectivity index (χ1v) is 6.16. The molecule has 1 aliphatic rings. The van der Waals surface area contributed by atoms with Gasteiger partial charge in [-0.3, -0.25) is 0 Å². The molecule has 0 atom stereocenters. The van der Waals surface area contributed by atoms with E-state index in [2.05, 4.69) is 20.0 Å². The van der Waals surface area contributed by atoms with E-state index >= 15 is 0 Å². The topological polar surface area (TPSA) is 52.5 Å². The summed E-state index contributed by atoms with van der Waals surface area (Å²) in [4.78, 5) is 4.58. The fourth-order valence-electron chi connectivity index (χ4n) is 2.05. The van der Waals surface area contributed by atoms with Crippen molar-refractivity contribution in [2.75, 3.05) is 38.1 Å². The maximum absolute atomic E-state index is 8.89. The highest BCUT2D eigenvalue weighted by molar-refractivity contribution is 5.35. The van der Waals surface area contributed by atoms with Crippen LogP contribution < -0.4 is 4.90 Å². The van der Waals surface area contributed by atoms with Gasteiger partial charge >= 0.3 is 0 Å². The molecule has 0 bridgehead atoms. The number of nitrogens with zero attached hydrogens (tertiary/aromatic N) is 4. The molecule has 0 spiro atoms. The zero-order chi connectivity index (χ0) is 12.1. The summed E-state index contributed by atoms with van der Waals surface area (Å²) in [5.41, 5.74) is 0.613. The van der Waals surface area contributed by atoms with E-state index in [-0.39, 0.29) is 6.61 Å². The predicted molar refractivity (Wildman–Crippen MR) is 66.9 cm³/mol. The van der Waals surface area contributed by atoms with Gasteiger partial charge in [-0.15, -0.1) is 5.10 Å². The Morgan fingerprint density at radius 2 is 2.06 bits per heavy atom. The summed E-state index contributed by atoms with van der Waals surface area (Å²) < 4.78 is 0. The highest BCUT2D eigenvalue weighted by Crippen LogP contribution is 2.10. The molecule has 1 aromatic heterocycles. The first-order chi connectivity index (χ1) is 8.29. The number of aromatic nitrogens is 2. The van der Waals surface area contributed by atoms with Gasteiger partial charge in [-0.1, -0.05) is 0 Å². The Morgan fingerprint density at radius 3 is 2.65 bits per heavy atom. The average molecular weight is 236 g/mol. The molecular formula is C12H20N4O. The van der Waals surface area contributed by atoms with Crippen LogP contribution in [0.3, 0.4) is 0 Å². The molecule has 2 heterocycles. The average Bonchev–Trinajstić information content (AvgIpc) is 2.89. The summed E-state index contributed by atoms with van der Waals surface area (Å²) in [6, 6.07) is 3.72. The van der Waals surface area contributed by atoms with Crippen molar-refractivity contribution < 1.29 is 5.11 Å². The van der Waals surface area contributed by atoms with Gasteiger partial charge in [-0.2, -0.15) is 5.10 Å². The van der Waals surface area contributed by atoms with E-state index in [1.54, 1.807) is 0 Å². The van der Waals surface area contributed by atoms with Gasteiger partial charge < -0.3 is 14.9 Å². The van der Waals surface area contributed by atoms with Crippen molar-refractivity contribution in [1.29, 1.82) is 0 Å². The first-order valence-electron chi connectivity index (χ1n) is 6.16. The molecule has 94 valence electrons. The monoisotopic (exact) mass is 236 g/mol. The molecule has 0 aromatic carbocycles. The molecule has 1 fully saturated rings. The number of likely N-dealkylation sites (tertiary alicyclic amines) is 1. The van der Waals surface area contributed by atoms with Crippen LogP contribution in [0.2, 0.25) is 0 Å². The summed E-state index contributed by atoms with van der Waals surface area (Å²) in [5.74, 6) is 0.862. The van der Waals surface area contributed by atoms with E-state index < -0.39 is 0 Å². The third kappa shape index (κ3) is 3.38. The van der Waals surface area contributed by atoms with Crippen LogP contribution in [0.5, 0.6) is 0 Å². The molecule has 0 amide bonds. The van der Waals surface area contributed by atoms with Gasteiger partial charge in [0.2, 0.25) is 0 Å². The minimum atomic E-state index is -0.0508. The molecular weight excluding hydrogens is 216 g/mol. The molecule has 0 radical (unpaired) electrons. The lowest BCUT2D eigenvalue weighted by Gasteiger charge is -2.21. The second kappa shape index (κ2) is 5.93. The Morgan fingerprint density at radius 1 is 1.29 bits per heavy atom. The normalized spacial score (nSPS) is 16.4. The zero-order valence-electron chi connectivity index (χ0n) is 10.3. The Hall–Kier alpha value is -1.20. The van der Waals surface area contributed by atoms with Crippen LogP contribution in [-0.4, -0.2) is 53.4 Å². The summed E-state index contributed by atoms with van der Waals surface area (Å²) in [7, 11) is 2.03. The zero-order valence-corrected chi connectivity index (χ0v) is 10.3. The number of anilines is 1. The molecule has 1 aromatic rings. The minimum Gasteiger partial charge on any atom is -0.390 e. The summed E-state index contributed by atoms with van der Waals surface area (Å²) in [6.45, 7) is 4.45. The maximum Gasteiger partial charge on any atom is 0.151 e. The largest absolute Gasteiger partial charge is 0.390 e. The van der Waals surface area contributed by atoms with E-state index in [0.29, 0.717) is 5.69 Å². The molecule has 1 saturated heterocycles. The van der Waals surface area contributed by atoms with Crippen molar-refractivity contribution in [2.45, 2.75) is 19.4 Å². The summed E-state index contributed by atoms with van der Waals surface area (Å²) in [6.07, 6.45) is 2.66. The lowest BCUT2D eigenvalue weighted by atomic mass is 10.4. The van der Waals surface area contributed by atoms with E-state index in [4.69, 9.17) is 5.11 Å². The van der Waals surface area contributed by atoms with Crippen LogP contribution in [0.15, 0.2) is 12.1 Å². The summed E-state index contributed by atoms with van der Waals surface area (Å²) >= 11 is 0. The van der Waals surface area contributed by atoms with Crippen molar-refractivity contribution in [3.8, 4) is 0 Å². The van der Waals surface area contributed by atoms with Crippen LogP contribution in [0, 0.1) is 0 Å². The van der Waals surface area contributed by atoms with Crippen molar-refractivity contribution in [3.05, 3.63) is 17.8 Å². The van der Waals surface area contributed by atoms with Crippen molar-refractivity contribution in [2.24, 2.45) is 0 Å². The number of aliphatic hydroxyl groups is 1. The van der Waals surface area contributed by atoms with Crippen molar-refractivity contribution in [1.82, 2.24) is 15.1 Å². The van der Waals surface area contributed by atoms with Crippen LogP contribution in [-0.2, 0) is 6.61 Å².